The van der Waals surface area contributed by atoms with Crippen LogP contribution in [-0.2, 0) is 10.0 Å². The van der Waals surface area contributed by atoms with E-state index in [0.717, 1.165) is 45.2 Å². The molecule has 0 spiro atoms. The Morgan fingerprint density at radius 3 is 2.21 bits per heavy atom. The normalized spacial score (nSPS) is 20.4. The van der Waals surface area contributed by atoms with Gasteiger partial charge in [-0.2, -0.15) is 4.31 Å². The van der Waals surface area contributed by atoms with Gasteiger partial charge in [0.1, 0.15) is 0 Å². The minimum Gasteiger partial charge on any atom is -0.352 e. The highest BCUT2D eigenvalue weighted by atomic mass is 32.2. The zero-order valence-electron chi connectivity index (χ0n) is 17.1. The number of amides is 1. The van der Waals surface area contributed by atoms with Gasteiger partial charge in [0.15, 0.2) is 0 Å². The highest BCUT2D eigenvalue weighted by Crippen LogP contribution is 2.21. The second kappa shape index (κ2) is 9.37. The fraction of sp³-hybridized carbons (Fsp3) is 0.667. The standard InChI is InChI=1S/C21H33N3O3S/c1-17(2)23-14-10-18(11-15-23)16-22-21(25)19-6-8-20(9-7-19)28(26,27)24-12-4-3-5-13-24/h6-9,17-18H,3-5,10-16H2,1-2H3,(H,22,25). The number of nitrogens with zero attached hydrogens (tertiary/aromatic N) is 2. The zero-order valence-corrected chi connectivity index (χ0v) is 17.9. The highest BCUT2D eigenvalue weighted by molar-refractivity contribution is 7.89. The van der Waals surface area contributed by atoms with Crippen LogP contribution in [0.2, 0.25) is 0 Å². The summed E-state index contributed by atoms with van der Waals surface area (Å²) in [5, 5.41) is 3.02. The summed E-state index contributed by atoms with van der Waals surface area (Å²) in [7, 11) is -3.45. The lowest BCUT2D eigenvalue weighted by Crippen LogP contribution is -2.41. The number of benzene rings is 1. The van der Waals surface area contributed by atoms with Crippen LogP contribution in [0, 0.1) is 5.92 Å². The summed E-state index contributed by atoms with van der Waals surface area (Å²) in [5.41, 5.74) is 0.511. The summed E-state index contributed by atoms with van der Waals surface area (Å²) < 4.78 is 26.9. The lowest BCUT2D eigenvalue weighted by Gasteiger charge is -2.34. The molecule has 0 radical (unpaired) electrons. The molecule has 2 saturated heterocycles. The van der Waals surface area contributed by atoms with Crippen molar-refractivity contribution in [2.24, 2.45) is 5.92 Å². The van der Waals surface area contributed by atoms with E-state index < -0.39 is 10.0 Å². The molecule has 1 aromatic rings. The molecule has 0 aliphatic carbocycles. The topological polar surface area (TPSA) is 69.7 Å². The van der Waals surface area contributed by atoms with Gasteiger partial charge in [0.25, 0.3) is 5.91 Å². The molecule has 0 saturated carbocycles. The van der Waals surface area contributed by atoms with Gasteiger partial charge >= 0.3 is 0 Å². The van der Waals surface area contributed by atoms with Gasteiger partial charge in [0.2, 0.25) is 10.0 Å². The maximum atomic E-state index is 12.7. The molecule has 1 N–H and O–H groups in total. The van der Waals surface area contributed by atoms with Gasteiger partial charge in [-0.05, 0) is 82.8 Å². The van der Waals surface area contributed by atoms with Gasteiger partial charge in [-0.3, -0.25) is 4.79 Å². The van der Waals surface area contributed by atoms with Crippen molar-refractivity contribution >= 4 is 15.9 Å². The van der Waals surface area contributed by atoms with Crippen molar-refractivity contribution in [1.29, 1.82) is 0 Å². The smallest absolute Gasteiger partial charge is 0.251 e. The largest absolute Gasteiger partial charge is 0.352 e. The van der Waals surface area contributed by atoms with Crippen LogP contribution in [0.25, 0.3) is 0 Å². The lowest BCUT2D eigenvalue weighted by atomic mass is 9.96. The molecule has 28 heavy (non-hydrogen) atoms. The van der Waals surface area contributed by atoms with Crippen molar-refractivity contribution in [1.82, 2.24) is 14.5 Å². The molecule has 2 fully saturated rings. The number of likely N-dealkylation sites (tertiary alicyclic amines) is 1. The minimum atomic E-state index is -3.45. The van der Waals surface area contributed by atoms with Crippen LogP contribution in [0.5, 0.6) is 0 Å². The van der Waals surface area contributed by atoms with Crippen molar-refractivity contribution in [2.45, 2.75) is 56.9 Å². The average Bonchev–Trinajstić information content (AvgIpc) is 2.73. The highest BCUT2D eigenvalue weighted by Gasteiger charge is 2.26. The molecule has 0 atom stereocenters. The Balaban J connectivity index is 1.52. The molecule has 2 aliphatic heterocycles. The number of rotatable bonds is 6. The first-order valence-corrected chi connectivity index (χ1v) is 11.9. The Bertz CT molecular complexity index is 748. The Morgan fingerprint density at radius 2 is 1.64 bits per heavy atom. The predicted octanol–water partition coefficient (Wildman–Crippen LogP) is 2.71. The van der Waals surface area contributed by atoms with E-state index in [1.165, 1.54) is 0 Å². The minimum absolute atomic E-state index is 0.131. The molecule has 2 aliphatic rings. The molecule has 2 heterocycles. The Labute approximate surface area is 169 Å². The van der Waals surface area contributed by atoms with E-state index in [-0.39, 0.29) is 10.8 Å². The van der Waals surface area contributed by atoms with Crippen molar-refractivity contribution in [3.05, 3.63) is 29.8 Å². The lowest BCUT2D eigenvalue weighted by molar-refractivity contribution is 0.0929. The summed E-state index contributed by atoms with van der Waals surface area (Å²) in [6.45, 7) is 8.45. The molecule has 1 aromatic carbocycles. The second-order valence-electron chi connectivity index (χ2n) is 8.27. The summed E-state index contributed by atoms with van der Waals surface area (Å²) >= 11 is 0. The number of sulfonamides is 1. The number of carbonyl (C=O) groups excluding carboxylic acids is 1. The fourth-order valence-corrected chi connectivity index (χ4v) is 5.56. The van der Waals surface area contributed by atoms with Gasteiger partial charge < -0.3 is 10.2 Å². The average molecular weight is 408 g/mol. The summed E-state index contributed by atoms with van der Waals surface area (Å²) in [6.07, 6.45) is 5.12. The van der Waals surface area contributed by atoms with Crippen LogP contribution in [0.3, 0.4) is 0 Å². The summed E-state index contributed by atoms with van der Waals surface area (Å²) in [4.78, 5) is 15.2. The molecular weight excluding hydrogens is 374 g/mol. The molecule has 156 valence electrons. The first-order valence-electron chi connectivity index (χ1n) is 10.5. The number of piperidine rings is 2. The fourth-order valence-electron chi connectivity index (χ4n) is 4.05. The van der Waals surface area contributed by atoms with E-state index >= 15 is 0 Å². The monoisotopic (exact) mass is 407 g/mol. The van der Waals surface area contributed by atoms with Gasteiger partial charge in [-0.25, -0.2) is 8.42 Å². The van der Waals surface area contributed by atoms with Crippen LogP contribution >= 0.6 is 0 Å². The van der Waals surface area contributed by atoms with Crippen LogP contribution in [0.15, 0.2) is 29.2 Å². The number of hydrogen-bond acceptors (Lipinski definition) is 4. The molecule has 1 amide bonds. The van der Waals surface area contributed by atoms with E-state index in [0.29, 0.717) is 37.2 Å². The van der Waals surface area contributed by atoms with E-state index in [4.69, 9.17) is 0 Å². The molecule has 3 rings (SSSR count). The predicted molar refractivity (Wildman–Crippen MR) is 111 cm³/mol. The van der Waals surface area contributed by atoms with Gasteiger partial charge in [0.05, 0.1) is 4.90 Å². The van der Waals surface area contributed by atoms with Crippen LogP contribution < -0.4 is 5.32 Å². The van der Waals surface area contributed by atoms with E-state index in [9.17, 15) is 13.2 Å². The molecule has 0 aromatic heterocycles. The summed E-state index contributed by atoms with van der Waals surface area (Å²) in [5.74, 6) is 0.380. The Kier molecular flexibility index (Phi) is 7.12. The SMILES string of the molecule is CC(C)N1CCC(CNC(=O)c2ccc(S(=O)(=O)N3CCCCC3)cc2)CC1. The first kappa shape index (κ1) is 21.3. The van der Waals surface area contributed by atoms with Crippen molar-refractivity contribution < 1.29 is 13.2 Å². The number of carbonyl (C=O) groups is 1. The maximum absolute atomic E-state index is 12.7. The third-order valence-corrected chi connectivity index (χ3v) is 7.91. The third kappa shape index (κ3) is 5.13. The van der Waals surface area contributed by atoms with E-state index in [1.807, 2.05) is 0 Å². The van der Waals surface area contributed by atoms with Crippen molar-refractivity contribution in [2.75, 3.05) is 32.7 Å². The number of nitrogens with one attached hydrogen (secondary N) is 1. The first-order chi connectivity index (χ1) is 13.4. The van der Waals surface area contributed by atoms with E-state index in [2.05, 4.69) is 24.1 Å². The van der Waals surface area contributed by atoms with Gasteiger partial charge in [-0.15, -0.1) is 0 Å². The van der Waals surface area contributed by atoms with Crippen molar-refractivity contribution in [3.8, 4) is 0 Å². The third-order valence-electron chi connectivity index (χ3n) is 6.00. The molecule has 0 bridgehead atoms. The molecule has 7 heteroatoms. The molecular formula is C21H33N3O3S. The van der Waals surface area contributed by atoms with Crippen LogP contribution in [0.4, 0.5) is 0 Å². The quantitative estimate of drug-likeness (QED) is 0.787. The Hall–Kier alpha value is -1.44. The molecule has 6 nitrogen and oxygen atoms in total. The summed E-state index contributed by atoms with van der Waals surface area (Å²) in [6, 6.07) is 6.93. The second-order valence-corrected chi connectivity index (χ2v) is 10.2. The molecule has 0 unspecified atom stereocenters. The Morgan fingerprint density at radius 1 is 1.04 bits per heavy atom. The zero-order chi connectivity index (χ0) is 20.1. The van der Waals surface area contributed by atoms with Crippen LogP contribution in [-0.4, -0.2) is 62.3 Å². The van der Waals surface area contributed by atoms with Gasteiger partial charge in [0, 0.05) is 31.2 Å². The van der Waals surface area contributed by atoms with Crippen molar-refractivity contribution in [3.63, 3.8) is 0 Å². The van der Waals surface area contributed by atoms with E-state index in [1.54, 1.807) is 28.6 Å². The number of hydrogen-bond donors (Lipinski definition) is 1. The maximum Gasteiger partial charge on any atom is 0.251 e. The van der Waals surface area contributed by atoms with Gasteiger partial charge in [-0.1, -0.05) is 6.42 Å². The van der Waals surface area contributed by atoms with Crippen LogP contribution in [0.1, 0.15) is 56.3 Å².